The number of carbonyl (C=O) groups is 1. The van der Waals surface area contributed by atoms with Gasteiger partial charge in [0.1, 0.15) is 5.88 Å². The predicted molar refractivity (Wildman–Crippen MR) is 61.8 cm³/mol. The number of methoxy groups -OCH3 is 1. The highest BCUT2D eigenvalue weighted by Crippen LogP contribution is 2.06. The van der Waals surface area contributed by atoms with Crippen molar-refractivity contribution in [3.05, 3.63) is 5.89 Å². The summed E-state index contributed by atoms with van der Waals surface area (Å²) < 4.78 is 9.90. The SMILES string of the molecule is COCCNC(=O)CCNc1nnc(CCl)o1. The molecule has 1 aromatic rings. The molecule has 0 atom stereocenters. The summed E-state index contributed by atoms with van der Waals surface area (Å²) in [5, 5.41) is 12.9. The van der Waals surface area contributed by atoms with E-state index in [1.807, 2.05) is 0 Å². The van der Waals surface area contributed by atoms with E-state index in [1.54, 1.807) is 7.11 Å². The number of hydrogen-bond donors (Lipinski definition) is 2. The van der Waals surface area contributed by atoms with E-state index in [9.17, 15) is 4.79 Å². The molecule has 1 rings (SSSR count). The van der Waals surface area contributed by atoms with Crippen molar-refractivity contribution in [1.82, 2.24) is 15.5 Å². The molecule has 0 radical (unpaired) electrons. The van der Waals surface area contributed by atoms with Gasteiger partial charge in [-0.2, -0.15) is 0 Å². The number of aromatic nitrogens is 2. The molecule has 7 nitrogen and oxygen atoms in total. The molecular formula is C9H15ClN4O3. The summed E-state index contributed by atoms with van der Waals surface area (Å²) in [6.07, 6.45) is 0.322. The van der Waals surface area contributed by atoms with Gasteiger partial charge in [-0.25, -0.2) is 0 Å². The zero-order valence-electron chi connectivity index (χ0n) is 9.53. The fraction of sp³-hybridized carbons (Fsp3) is 0.667. The lowest BCUT2D eigenvalue weighted by Gasteiger charge is -2.04. The molecule has 0 bridgehead atoms. The second-order valence-electron chi connectivity index (χ2n) is 3.15. The van der Waals surface area contributed by atoms with Gasteiger partial charge in [0.25, 0.3) is 0 Å². The maximum atomic E-state index is 11.3. The lowest BCUT2D eigenvalue weighted by Crippen LogP contribution is -2.28. The van der Waals surface area contributed by atoms with Gasteiger partial charge in [-0.3, -0.25) is 4.79 Å². The molecule has 1 aromatic heterocycles. The molecule has 0 aromatic carbocycles. The van der Waals surface area contributed by atoms with Gasteiger partial charge in [0.05, 0.1) is 6.61 Å². The van der Waals surface area contributed by atoms with Gasteiger partial charge in [0, 0.05) is 26.6 Å². The largest absolute Gasteiger partial charge is 0.407 e. The van der Waals surface area contributed by atoms with Crippen LogP contribution in [0.1, 0.15) is 12.3 Å². The lowest BCUT2D eigenvalue weighted by atomic mass is 10.4. The Morgan fingerprint density at radius 3 is 2.94 bits per heavy atom. The summed E-state index contributed by atoms with van der Waals surface area (Å²) in [7, 11) is 1.58. The van der Waals surface area contributed by atoms with Crippen molar-refractivity contribution in [3.63, 3.8) is 0 Å². The highest BCUT2D eigenvalue weighted by atomic mass is 35.5. The topological polar surface area (TPSA) is 89.3 Å². The molecular weight excluding hydrogens is 248 g/mol. The first-order valence-corrected chi connectivity index (χ1v) is 5.67. The van der Waals surface area contributed by atoms with Crippen LogP contribution in [0.2, 0.25) is 0 Å². The van der Waals surface area contributed by atoms with E-state index in [2.05, 4.69) is 20.8 Å². The standard InChI is InChI=1S/C9H15ClN4O3/c1-16-5-4-11-7(15)2-3-12-9-14-13-8(6-10)17-9/h2-6H2,1H3,(H,11,15)(H,12,14). The third kappa shape index (κ3) is 5.50. The van der Waals surface area contributed by atoms with Gasteiger partial charge in [0.2, 0.25) is 11.8 Å². The Kier molecular flexibility index (Phi) is 6.34. The zero-order valence-corrected chi connectivity index (χ0v) is 10.3. The van der Waals surface area contributed by atoms with Gasteiger partial charge < -0.3 is 19.8 Å². The maximum absolute atomic E-state index is 11.3. The van der Waals surface area contributed by atoms with Crippen LogP contribution in [-0.2, 0) is 15.4 Å². The monoisotopic (exact) mass is 262 g/mol. The summed E-state index contributed by atoms with van der Waals surface area (Å²) in [6, 6.07) is 0.269. The summed E-state index contributed by atoms with van der Waals surface area (Å²) in [4.78, 5) is 11.3. The number of nitrogens with zero attached hydrogens (tertiary/aromatic N) is 2. The smallest absolute Gasteiger partial charge is 0.315 e. The summed E-state index contributed by atoms with van der Waals surface area (Å²) in [5.41, 5.74) is 0. The van der Waals surface area contributed by atoms with Crippen LogP contribution in [0.3, 0.4) is 0 Å². The second-order valence-corrected chi connectivity index (χ2v) is 3.42. The van der Waals surface area contributed by atoms with Gasteiger partial charge in [-0.05, 0) is 0 Å². The molecule has 0 fully saturated rings. The Hall–Kier alpha value is -1.34. The van der Waals surface area contributed by atoms with Crippen molar-refractivity contribution in [2.45, 2.75) is 12.3 Å². The molecule has 2 N–H and O–H groups in total. The predicted octanol–water partition coefficient (Wildman–Crippen LogP) is 0.373. The average molecular weight is 263 g/mol. The molecule has 0 aliphatic carbocycles. The molecule has 1 amide bonds. The number of amides is 1. The summed E-state index contributed by atoms with van der Waals surface area (Å²) >= 11 is 5.50. The quantitative estimate of drug-likeness (QED) is 0.520. The Morgan fingerprint density at radius 2 is 2.29 bits per heavy atom. The molecule has 17 heavy (non-hydrogen) atoms. The number of hydrogen-bond acceptors (Lipinski definition) is 6. The third-order valence-electron chi connectivity index (χ3n) is 1.84. The highest BCUT2D eigenvalue weighted by molar-refractivity contribution is 6.16. The van der Waals surface area contributed by atoms with Crippen molar-refractivity contribution in [3.8, 4) is 0 Å². The summed E-state index contributed by atoms with van der Waals surface area (Å²) in [5.74, 6) is 0.456. The fourth-order valence-electron chi connectivity index (χ4n) is 1.04. The molecule has 0 aliphatic heterocycles. The van der Waals surface area contributed by atoms with Crippen molar-refractivity contribution < 1.29 is 13.9 Å². The van der Waals surface area contributed by atoms with Crippen molar-refractivity contribution >= 4 is 23.5 Å². The van der Waals surface area contributed by atoms with Crippen molar-refractivity contribution in [2.75, 3.05) is 32.1 Å². The average Bonchev–Trinajstić information content (AvgIpc) is 2.77. The molecule has 1 heterocycles. The molecule has 0 saturated carbocycles. The maximum Gasteiger partial charge on any atom is 0.315 e. The van der Waals surface area contributed by atoms with Gasteiger partial charge in [-0.15, -0.1) is 16.7 Å². The minimum atomic E-state index is -0.0633. The van der Waals surface area contributed by atoms with Gasteiger partial charge in [0.15, 0.2) is 0 Å². The van der Waals surface area contributed by atoms with Crippen LogP contribution in [0.4, 0.5) is 6.01 Å². The molecule has 0 unspecified atom stereocenters. The number of nitrogens with one attached hydrogen (secondary N) is 2. The number of ether oxygens (including phenoxy) is 1. The Bertz CT molecular complexity index is 345. The van der Waals surface area contributed by atoms with Crippen LogP contribution in [0.15, 0.2) is 4.42 Å². The highest BCUT2D eigenvalue weighted by Gasteiger charge is 2.05. The van der Waals surface area contributed by atoms with Crippen LogP contribution < -0.4 is 10.6 Å². The van der Waals surface area contributed by atoms with Crippen LogP contribution >= 0.6 is 11.6 Å². The van der Waals surface area contributed by atoms with Gasteiger partial charge >= 0.3 is 6.01 Å². The number of anilines is 1. The van der Waals surface area contributed by atoms with Crippen molar-refractivity contribution in [2.24, 2.45) is 0 Å². The molecule has 0 saturated heterocycles. The zero-order chi connectivity index (χ0) is 12.5. The van der Waals surface area contributed by atoms with E-state index in [-0.39, 0.29) is 17.8 Å². The van der Waals surface area contributed by atoms with E-state index >= 15 is 0 Å². The first kappa shape index (κ1) is 13.7. The number of alkyl halides is 1. The summed E-state index contributed by atoms with van der Waals surface area (Å²) in [6.45, 7) is 1.43. The minimum absolute atomic E-state index is 0.0633. The third-order valence-corrected chi connectivity index (χ3v) is 2.07. The van der Waals surface area contributed by atoms with E-state index in [0.717, 1.165) is 0 Å². The van der Waals surface area contributed by atoms with E-state index in [1.165, 1.54) is 0 Å². The lowest BCUT2D eigenvalue weighted by molar-refractivity contribution is -0.121. The van der Waals surface area contributed by atoms with E-state index in [4.69, 9.17) is 20.8 Å². The normalized spacial score (nSPS) is 10.2. The van der Waals surface area contributed by atoms with Crippen LogP contribution in [-0.4, -0.2) is 42.9 Å². The van der Waals surface area contributed by atoms with Gasteiger partial charge in [-0.1, -0.05) is 5.10 Å². The number of carbonyl (C=O) groups excluding carboxylic acids is 1. The minimum Gasteiger partial charge on any atom is -0.407 e. The second kappa shape index (κ2) is 7.86. The first-order chi connectivity index (χ1) is 8.26. The Balaban J connectivity index is 2.12. The Labute approximate surface area is 104 Å². The Morgan fingerprint density at radius 1 is 1.47 bits per heavy atom. The van der Waals surface area contributed by atoms with Crippen molar-refractivity contribution in [1.29, 1.82) is 0 Å². The molecule has 96 valence electrons. The number of halogens is 1. The van der Waals surface area contributed by atoms with E-state index < -0.39 is 0 Å². The fourth-order valence-corrected chi connectivity index (χ4v) is 1.15. The van der Waals surface area contributed by atoms with E-state index in [0.29, 0.717) is 32.0 Å². The van der Waals surface area contributed by atoms with Crippen LogP contribution in [0, 0.1) is 0 Å². The number of rotatable bonds is 8. The first-order valence-electron chi connectivity index (χ1n) is 5.14. The van der Waals surface area contributed by atoms with Crippen LogP contribution in [0.5, 0.6) is 0 Å². The van der Waals surface area contributed by atoms with Crippen LogP contribution in [0.25, 0.3) is 0 Å². The molecule has 0 aliphatic rings. The molecule has 8 heteroatoms. The molecule has 0 spiro atoms.